The first-order chi connectivity index (χ1) is 8.08. The Balaban J connectivity index is 2.08. The minimum absolute atomic E-state index is 0.0475. The highest BCUT2D eigenvalue weighted by Gasteiger charge is 2.33. The zero-order chi connectivity index (χ0) is 12.4. The van der Waals surface area contributed by atoms with Gasteiger partial charge in [0.1, 0.15) is 0 Å². The number of likely N-dealkylation sites (tertiary alicyclic amines) is 1. The molecule has 1 aliphatic heterocycles. The molecular weight excluding hydrogens is 240 g/mol. The second-order valence-corrected chi connectivity index (χ2v) is 4.58. The number of hydrogen-bond acceptors (Lipinski definition) is 2. The highest BCUT2D eigenvalue weighted by Crippen LogP contribution is 2.23. The van der Waals surface area contributed by atoms with Gasteiger partial charge in [0, 0.05) is 24.5 Å². The Hall–Kier alpha value is -1.55. The molecule has 17 heavy (non-hydrogen) atoms. The molecule has 0 aliphatic carbocycles. The Labute approximate surface area is 104 Å². The van der Waals surface area contributed by atoms with Gasteiger partial charge >= 0.3 is 0 Å². The van der Waals surface area contributed by atoms with Gasteiger partial charge in [-0.2, -0.15) is 0 Å². The number of amides is 2. The monoisotopic (exact) mass is 252 g/mol. The number of nitrogens with zero attached hydrogens (tertiary/aromatic N) is 1. The van der Waals surface area contributed by atoms with Gasteiger partial charge in [-0.25, -0.2) is 0 Å². The van der Waals surface area contributed by atoms with E-state index >= 15 is 0 Å². The maximum absolute atomic E-state index is 11.7. The molecule has 0 spiro atoms. The van der Waals surface area contributed by atoms with Gasteiger partial charge < -0.3 is 10.6 Å². The van der Waals surface area contributed by atoms with E-state index in [1.54, 1.807) is 11.0 Å². The van der Waals surface area contributed by atoms with Crippen LogP contribution in [0.2, 0.25) is 5.02 Å². The van der Waals surface area contributed by atoms with Gasteiger partial charge in [-0.1, -0.05) is 29.8 Å². The largest absolute Gasteiger partial charge is 0.369 e. The average molecular weight is 253 g/mol. The molecule has 1 unspecified atom stereocenters. The van der Waals surface area contributed by atoms with Crippen LogP contribution >= 0.6 is 11.6 Å². The lowest BCUT2D eigenvalue weighted by Crippen LogP contribution is -2.28. The van der Waals surface area contributed by atoms with Crippen LogP contribution in [0.25, 0.3) is 0 Å². The normalized spacial score (nSPS) is 19.7. The maximum atomic E-state index is 11.7. The van der Waals surface area contributed by atoms with E-state index in [4.69, 9.17) is 17.3 Å². The van der Waals surface area contributed by atoms with Crippen molar-refractivity contribution in [2.75, 3.05) is 6.54 Å². The fraction of sp³-hybridized carbons (Fsp3) is 0.333. The molecule has 1 fully saturated rings. The summed E-state index contributed by atoms with van der Waals surface area (Å²) in [5, 5.41) is 0.628. The number of rotatable bonds is 3. The van der Waals surface area contributed by atoms with Gasteiger partial charge in [-0.3, -0.25) is 9.59 Å². The van der Waals surface area contributed by atoms with Crippen LogP contribution in [0, 0.1) is 5.92 Å². The predicted octanol–water partition coefficient (Wildman–Crippen LogP) is 1.17. The molecule has 1 aromatic carbocycles. The molecule has 1 atom stereocenters. The molecule has 0 bridgehead atoms. The molecule has 2 N–H and O–H groups in total. The summed E-state index contributed by atoms with van der Waals surface area (Å²) in [5.74, 6) is -0.835. The quantitative estimate of drug-likeness (QED) is 0.878. The first-order valence-electron chi connectivity index (χ1n) is 5.38. The van der Waals surface area contributed by atoms with Gasteiger partial charge in [0.2, 0.25) is 11.8 Å². The first kappa shape index (κ1) is 11.9. The second kappa shape index (κ2) is 4.75. The maximum Gasteiger partial charge on any atom is 0.223 e. The Bertz CT molecular complexity index is 462. The van der Waals surface area contributed by atoms with Crippen LogP contribution in [0.1, 0.15) is 12.0 Å². The zero-order valence-corrected chi connectivity index (χ0v) is 9.98. The topological polar surface area (TPSA) is 63.4 Å². The number of halogens is 1. The van der Waals surface area contributed by atoms with Crippen LogP contribution in [0.4, 0.5) is 0 Å². The third-order valence-electron chi connectivity index (χ3n) is 2.94. The lowest BCUT2D eigenvalue weighted by Gasteiger charge is -2.16. The molecule has 90 valence electrons. The lowest BCUT2D eigenvalue weighted by atomic mass is 10.1. The molecule has 1 saturated heterocycles. The highest BCUT2D eigenvalue weighted by atomic mass is 35.5. The van der Waals surface area contributed by atoms with Gasteiger partial charge in [0.05, 0.1) is 5.92 Å². The van der Waals surface area contributed by atoms with E-state index < -0.39 is 5.91 Å². The molecular formula is C12H13ClN2O2. The molecule has 5 heteroatoms. The van der Waals surface area contributed by atoms with Crippen LogP contribution in [-0.4, -0.2) is 23.3 Å². The zero-order valence-electron chi connectivity index (χ0n) is 9.23. The van der Waals surface area contributed by atoms with Gasteiger partial charge in [0.15, 0.2) is 0 Å². The van der Waals surface area contributed by atoms with E-state index in [0.717, 1.165) is 5.56 Å². The standard InChI is InChI=1S/C12H13ClN2O2/c13-10-4-2-1-3-8(10)6-15-7-9(12(14)17)5-11(15)16/h1-4,9H,5-7H2,(H2,14,17). The first-order valence-corrected chi connectivity index (χ1v) is 5.76. The molecule has 2 amide bonds. The van der Waals surface area contributed by atoms with Crippen LogP contribution in [0.3, 0.4) is 0 Å². The van der Waals surface area contributed by atoms with E-state index in [1.807, 2.05) is 18.2 Å². The van der Waals surface area contributed by atoms with Gasteiger partial charge in [-0.05, 0) is 11.6 Å². The SMILES string of the molecule is NC(=O)C1CC(=O)N(Cc2ccccc2Cl)C1. The van der Waals surface area contributed by atoms with E-state index in [9.17, 15) is 9.59 Å². The van der Waals surface area contributed by atoms with Gasteiger partial charge in [0.25, 0.3) is 0 Å². The lowest BCUT2D eigenvalue weighted by molar-refractivity contribution is -0.128. The number of carbonyl (C=O) groups is 2. The van der Waals surface area contributed by atoms with Crippen molar-refractivity contribution >= 4 is 23.4 Å². The molecule has 0 radical (unpaired) electrons. The number of benzene rings is 1. The van der Waals surface area contributed by atoms with Crippen LogP contribution < -0.4 is 5.73 Å². The third kappa shape index (κ3) is 2.58. The highest BCUT2D eigenvalue weighted by molar-refractivity contribution is 6.31. The van der Waals surface area contributed by atoms with Crippen molar-refractivity contribution in [3.63, 3.8) is 0 Å². The summed E-state index contributed by atoms with van der Waals surface area (Å²) in [4.78, 5) is 24.3. The van der Waals surface area contributed by atoms with Crippen molar-refractivity contribution in [2.24, 2.45) is 11.7 Å². The third-order valence-corrected chi connectivity index (χ3v) is 3.30. The molecule has 1 aliphatic rings. The van der Waals surface area contributed by atoms with Crippen LogP contribution in [0.15, 0.2) is 24.3 Å². The summed E-state index contributed by atoms with van der Waals surface area (Å²) in [7, 11) is 0. The molecule has 1 heterocycles. The van der Waals surface area contributed by atoms with E-state index in [2.05, 4.69) is 0 Å². The smallest absolute Gasteiger partial charge is 0.223 e. The summed E-state index contributed by atoms with van der Waals surface area (Å²) < 4.78 is 0. The molecule has 1 aromatic rings. The van der Waals surface area contributed by atoms with Crippen molar-refractivity contribution in [1.29, 1.82) is 0 Å². The predicted molar refractivity (Wildman–Crippen MR) is 64.2 cm³/mol. The van der Waals surface area contributed by atoms with E-state index in [0.29, 0.717) is 18.1 Å². The second-order valence-electron chi connectivity index (χ2n) is 4.17. The van der Waals surface area contributed by atoms with E-state index in [1.165, 1.54) is 0 Å². The molecule has 0 saturated carbocycles. The molecule has 4 nitrogen and oxygen atoms in total. The minimum atomic E-state index is -0.417. The number of nitrogens with two attached hydrogens (primary N) is 1. The van der Waals surface area contributed by atoms with Crippen LogP contribution in [0.5, 0.6) is 0 Å². The summed E-state index contributed by atoms with van der Waals surface area (Å²) in [6.07, 6.45) is 0.208. The van der Waals surface area contributed by atoms with Crippen molar-refractivity contribution in [1.82, 2.24) is 4.90 Å². The molecule has 2 rings (SSSR count). The Morgan fingerprint density at radius 3 is 2.76 bits per heavy atom. The van der Waals surface area contributed by atoms with Crippen molar-refractivity contribution in [2.45, 2.75) is 13.0 Å². The fourth-order valence-corrected chi connectivity index (χ4v) is 2.14. The van der Waals surface area contributed by atoms with Crippen LogP contribution in [-0.2, 0) is 16.1 Å². The van der Waals surface area contributed by atoms with Gasteiger partial charge in [-0.15, -0.1) is 0 Å². The number of hydrogen-bond donors (Lipinski definition) is 1. The number of carbonyl (C=O) groups excluding carboxylic acids is 2. The number of primary amides is 1. The van der Waals surface area contributed by atoms with Crippen molar-refractivity contribution < 1.29 is 9.59 Å². The fourth-order valence-electron chi connectivity index (χ4n) is 1.95. The Kier molecular flexibility index (Phi) is 3.33. The summed E-state index contributed by atoms with van der Waals surface area (Å²) in [5.41, 5.74) is 6.08. The molecule has 0 aromatic heterocycles. The Morgan fingerprint density at radius 2 is 2.18 bits per heavy atom. The van der Waals surface area contributed by atoms with E-state index in [-0.39, 0.29) is 18.2 Å². The summed E-state index contributed by atoms with van der Waals surface area (Å²) in [6, 6.07) is 7.35. The Morgan fingerprint density at radius 1 is 1.47 bits per heavy atom. The van der Waals surface area contributed by atoms with Crippen molar-refractivity contribution in [3.05, 3.63) is 34.9 Å². The summed E-state index contributed by atoms with van der Waals surface area (Å²) in [6.45, 7) is 0.821. The summed E-state index contributed by atoms with van der Waals surface area (Å²) >= 11 is 6.02. The minimum Gasteiger partial charge on any atom is -0.369 e. The average Bonchev–Trinajstić information content (AvgIpc) is 2.64. The van der Waals surface area contributed by atoms with Crippen molar-refractivity contribution in [3.8, 4) is 0 Å².